The molecule has 0 nitrogen and oxygen atoms in total. The zero-order valence-corrected chi connectivity index (χ0v) is 8.11. The maximum absolute atomic E-state index is 3.70. The van der Waals surface area contributed by atoms with Gasteiger partial charge in [0.05, 0.1) is 0 Å². The van der Waals surface area contributed by atoms with Crippen molar-refractivity contribution in [1.82, 2.24) is 0 Å². The average molecular weight is 250 g/mol. The third-order valence-corrected chi connectivity index (χ3v) is 10.3. The van der Waals surface area contributed by atoms with E-state index in [9.17, 15) is 0 Å². The van der Waals surface area contributed by atoms with Crippen molar-refractivity contribution in [3.63, 3.8) is 0 Å². The summed E-state index contributed by atoms with van der Waals surface area (Å²) in [5, 5.41) is 1.09. The van der Waals surface area contributed by atoms with Crippen molar-refractivity contribution in [3.8, 4) is 0 Å². The molecule has 0 fully saturated rings. The second kappa shape index (κ2) is 6.74. The third kappa shape index (κ3) is 5.74. The summed E-state index contributed by atoms with van der Waals surface area (Å²) in [6.45, 7) is 3.70. The monoisotopic (exact) mass is 252 g/mol. The third-order valence-electron chi connectivity index (χ3n) is 0.159. The van der Waals surface area contributed by atoms with E-state index in [0.29, 0.717) is 13.8 Å². The van der Waals surface area contributed by atoms with Gasteiger partial charge < -0.3 is 0 Å². The first-order chi connectivity index (χ1) is 2.91. The molecule has 0 aromatic heterocycles. The fraction of sp³-hybridized carbons (Fsp3) is 0.500. The maximum atomic E-state index is 3.70. The average Bonchev–Trinajstić information content (AvgIpc) is 1.61. The minimum atomic E-state index is 0.704. The quantitative estimate of drug-likeness (QED) is 0.421. The van der Waals surface area contributed by atoms with Crippen molar-refractivity contribution in [1.29, 1.82) is 0 Å². The molecule has 0 saturated carbocycles. The first-order valence-corrected chi connectivity index (χ1v) is 8.70. The second-order valence-electron chi connectivity index (χ2n) is 0.458. The molecule has 0 atom stereocenters. The van der Waals surface area contributed by atoms with E-state index < -0.39 is 0 Å². The van der Waals surface area contributed by atoms with Crippen LogP contribution in [0, 0.1) is 6.92 Å². The summed E-state index contributed by atoms with van der Waals surface area (Å²) in [7, 11) is 3.57. The Morgan fingerprint density at radius 3 is 2.67 bits per heavy atom. The van der Waals surface area contributed by atoms with Gasteiger partial charge in [-0.1, -0.05) is 0 Å². The fourth-order valence-corrected chi connectivity index (χ4v) is 6.36. The molecule has 0 unspecified atom stereocenters. The summed E-state index contributed by atoms with van der Waals surface area (Å²) >= 11 is 3.55. The Morgan fingerprint density at radius 1 is 1.83 bits per heavy atom. The van der Waals surface area contributed by atoms with E-state index in [2.05, 4.69) is 21.8 Å². The number of hydrogen-bond acceptors (Lipinski definition) is 2. The van der Waals surface area contributed by atoms with E-state index in [1.54, 1.807) is 9.21 Å². The Morgan fingerprint density at radius 2 is 2.50 bits per heavy atom. The van der Waals surface area contributed by atoms with Gasteiger partial charge in [0.25, 0.3) is 0 Å². The van der Waals surface area contributed by atoms with Crippen molar-refractivity contribution < 1.29 is 0 Å². The molecule has 0 aliphatic heterocycles. The Kier molecular flexibility index (Phi) is 8.69. The van der Waals surface area contributed by atoms with Crippen LogP contribution in [0.4, 0.5) is 0 Å². The van der Waals surface area contributed by atoms with Gasteiger partial charge in [0.15, 0.2) is 0 Å². The van der Waals surface area contributed by atoms with Gasteiger partial charge in [0.2, 0.25) is 0 Å². The molecule has 0 aromatic carbocycles. The molecule has 0 bridgehead atoms. The molecule has 2 radical (unpaired) electrons. The van der Waals surface area contributed by atoms with Crippen molar-refractivity contribution in [2.75, 3.05) is 0 Å². The molecule has 0 aromatic rings. The van der Waals surface area contributed by atoms with E-state index in [1.165, 1.54) is 0 Å². The van der Waals surface area contributed by atoms with Crippen LogP contribution in [0.15, 0.2) is 0 Å². The molecular weight excluding hydrogens is 246 g/mol. The first kappa shape index (κ1) is 7.74. The van der Waals surface area contributed by atoms with Gasteiger partial charge in [-0.3, -0.25) is 0 Å². The van der Waals surface area contributed by atoms with E-state index in [1.807, 2.05) is 9.21 Å². The summed E-state index contributed by atoms with van der Waals surface area (Å²) in [6, 6.07) is 0. The van der Waals surface area contributed by atoms with Crippen LogP contribution < -0.4 is 0 Å². The first-order valence-electron chi connectivity index (χ1n) is 1.29. The normalized spacial score (nSPS) is 9.00. The van der Waals surface area contributed by atoms with Gasteiger partial charge in [0.1, 0.15) is 0 Å². The van der Waals surface area contributed by atoms with Gasteiger partial charge in [-0.05, 0) is 0 Å². The number of rotatable bonds is 3. The minimum absolute atomic E-state index is 0.704. The number of hydrogen-bond donors (Lipinski definition) is 0. The fourth-order valence-electron chi connectivity index (χ4n) is 0.0537. The molecule has 0 amide bonds. The molecule has 0 rings (SSSR count). The van der Waals surface area contributed by atoms with Crippen molar-refractivity contribution >= 4 is 47.2 Å². The van der Waals surface area contributed by atoms with Crippen molar-refractivity contribution in [2.24, 2.45) is 0 Å². The molecule has 6 heavy (non-hydrogen) atoms. The molecule has 0 N–H and O–H groups in total. The predicted molar refractivity (Wildman–Crippen MR) is 36.9 cm³/mol. The van der Waals surface area contributed by atoms with Crippen LogP contribution in [0.5, 0.6) is 0 Å². The van der Waals surface area contributed by atoms with E-state index >= 15 is 0 Å². The Hall–Kier alpha value is 1.74. The molecule has 0 aliphatic carbocycles. The van der Waals surface area contributed by atoms with Gasteiger partial charge in [0, 0.05) is 0 Å². The van der Waals surface area contributed by atoms with Crippen LogP contribution in [-0.2, 0) is 0 Å². The molecule has 36 valence electrons. The Labute approximate surface area is 59.1 Å². The molecule has 0 heterocycles. The van der Waals surface area contributed by atoms with Gasteiger partial charge >= 0.3 is 59.4 Å². The zero-order valence-electron chi connectivity index (χ0n) is 3.05. The van der Waals surface area contributed by atoms with Gasteiger partial charge in [-0.2, -0.15) is 0 Å². The summed E-state index contributed by atoms with van der Waals surface area (Å²) in [6.07, 6.45) is 0. The Balaban J connectivity index is 2.34. The zero-order chi connectivity index (χ0) is 4.83. The predicted octanol–water partition coefficient (Wildman–Crippen LogP) is 1.32. The molecular formula is C2H4S2Se2. The summed E-state index contributed by atoms with van der Waals surface area (Å²) in [5.41, 5.74) is 0. The second-order valence-corrected chi connectivity index (χ2v) is 9.26. The van der Waals surface area contributed by atoms with Crippen molar-refractivity contribution in [3.05, 3.63) is 6.92 Å². The molecule has 4 heteroatoms. The summed E-state index contributed by atoms with van der Waals surface area (Å²) in [5.74, 6) is 0. The van der Waals surface area contributed by atoms with Crippen LogP contribution in [0.1, 0.15) is 0 Å². The van der Waals surface area contributed by atoms with Crippen LogP contribution in [0.25, 0.3) is 0 Å². The molecule has 0 saturated heterocycles. The van der Waals surface area contributed by atoms with E-state index in [-0.39, 0.29) is 0 Å². The van der Waals surface area contributed by atoms with Crippen LogP contribution >= 0.6 is 18.4 Å². The van der Waals surface area contributed by atoms with Crippen LogP contribution in [0.2, 0.25) is 5.32 Å². The summed E-state index contributed by atoms with van der Waals surface area (Å²) in [4.78, 5) is 0. The van der Waals surface area contributed by atoms with Crippen LogP contribution in [-0.4, -0.2) is 28.7 Å². The van der Waals surface area contributed by atoms with Gasteiger partial charge in [-0.25, -0.2) is 0 Å². The standard InChI is InChI=1S/C2H4S2Se2/c1-2-6-4-3-5/h1-2H2. The Bertz CT molecular complexity index is 21.5. The van der Waals surface area contributed by atoms with E-state index in [4.69, 9.17) is 0 Å². The molecule has 0 aliphatic rings. The van der Waals surface area contributed by atoms with Gasteiger partial charge in [-0.15, -0.1) is 0 Å². The van der Waals surface area contributed by atoms with Crippen molar-refractivity contribution in [2.45, 2.75) is 5.32 Å². The summed E-state index contributed by atoms with van der Waals surface area (Å²) < 4.78 is 0. The SMILES string of the molecule is [CH2]C[Se]SS[Se]. The van der Waals surface area contributed by atoms with E-state index in [0.717, 1.165) is 5.32 Å². The topological polar surface area (TPSA) is 0 Å². The molecule has 0 spiro atoms. The van der Waals surface area contributed by atoms with Crippen LogP contribution in [0.3, 0.4) is 0 Å².